The molecule has 7 nitrogen and oxygen atoms in total. The van der Waals surface area contributed by atoms with Crippen LogP contribution in [0.15, 0.2) is 24.3 Å². The molecule has 0 aromatic heterocycles. The summed E-state index contributed by atoms with van der Waals surface area (Å²) >= 11 is 0. The molecule has 29 heavy (non-hydrogen) atoms. The quantitative estimate of drug-likeness (QED) is 0.320. The van der Waals surface area contributed by atoms with Crippen molar-refractivity contribution in [3.05, 3.63) is 35.4 Å². The van der Waals surface area contributed by atoms with Crippen LogP contribution in [0.4, 0.5) is 0 Å². The molecule has 1 saturated carbocycles. The van der Waals surface area contributed by atoms with E-state index < -0.39 is 23.4 Å². The van der Waals surface area contributed by atoms with Gasteiger partial charge in [-0.25, -0.2) is 5.48 Å². The SMILES string of the molecule is CN(C)C(C)(C)C(NC(=O)c1ccc(C#CC#CC2CC2CO)cc1)C(=O)NO. The Morgan fingerprint density at radius 1 is 1.24 bits per heavy atom. The summed E-state index contributed by atoms with van der Waals surface area (Å²) in [6.45, 7) is 3.75. The van der Waals surface area contributed by atoms with Crippen LogP contribution in [0, 0.1) is 35.5 Å². The third-order valence-electron chi connectivity index (χ3n) is 5.34. The van der Waals surface area contributed by atoms with Gasteiger partial charge in [-0.3, -0.25) is 14.8 Å². The molecule has 3 atom stereocenters. The predicted molar refractivity (Wildman–Crippen MR) is 109 cm³/mol. The van der Waals surface area contributed by atoms with E-state index in [1.807, 2.05) is 0 Å². The molecule has 0 aliphatic heterocycles. The molecule has 2 rings (SSSR count). The number of aliphatic hydroxyl groups is 1. The van der Waals surface area contributed by atoms with Gasteiger partial charge in [-0.15, -0.1) is 0 Å². The number of hydroxylamine groups is 1. The van der Waals surface area contributed by atoms with Crippen molar-refractivity contribution in [3.63, 3.8) is 0 Å². The van der Waals surface area contributed by atoms with Crippen LogP contribution >= 0.6 is 0 Å². The predicted octanol–water partition coefficient (Wildman–Crippen LogP) is 0.614. The van der Waals surface area contributed by atoms with Gasteiger partial charge in [-0.05, 0) is 76.4 Å². The minimum absolute atomic E-state index is 0.169. The average molecular weight is 397 g/mol. The molecule has 1 fully saturated rings. The maximum Gasteiger partial charge on any atom is 0.267 e. The first-order valence-corrected chi connectivity index (χ1v) is 9.35. The Balaban J connectivity index is 2.05. The monoisotopic (exact) mass is 397 g/mol. The Morgan fingerprint density at radius 2 is 1.90 bits per heavy atom. The highest BCUT2D eigenvalue weighted by atomic mass is 16.5. The molecule has 1 aromatic carbocycles. The van der Waals surface area contributed by atoms with Gasteiger partial charge in [0.15, 0.2) is 0 Å². The van der Waals surface area contributed by atoms with Gasteiger partial charge >= 0.3 is 0 Å². The van der Waals surface area contributed by atoms with E-state index in [0.717, 1.165) is 6.42 Å². The molecular formula is C22H27N3O4. The first-order valence-electron chi connectivity index (χ1n) is 9.35. The van der Waals surface area contributed by atoms with Gasteiger partial charge in [-0.1, -0.05) is 11.8 Å². The number of likely N-dealkylation sites (N-methyl/N-ethyl adjacent to an activating group) is 1. The fourth-order valence-electron chi connectivity index (χ4n) is 2.66. The van der Waals surface area contributed by atoms with Gasteiger partial charge in [0.05, 0.1) is 0 Å². The van der Waals surface area contributed by atoms with Crippen molar-refractivity contribution in [1.82, 2.24) is 15.7 Å². The van der Waals surface area contributed by atoms with Gasteiger partial charge in [0, 0.05) is 29.2 Å². The van der Waals surface area contributed by atoms with E-state index in [1.165, 1.54) is 0 Å². The minimum Gasteiger partial charge on any atom is -0.396 e. The van der Waals surface area contributed by atoms with E-state index in [1.54, 1.807) is 62.6 Å². The summed E-state index contributed by atoms with van der Waals surface area (Å²) in [4.78, 5) is 26.5. The lowest BCUT2D eigenvalue weighted by molar-refractivity contribution is -0.134. The number of nitrogens with zero attached hydrogens (tertiary/aromatic N) is 1. The maximum atomic E-state index is 12.6. The molecule has 1 aliphatic rings. The maximum absolute atomic E-state index is 12.6. The third-order valence-corrected chi connectivity index (χ3v) is 5.34. The summed E-state index contributed by atoms with van der Waals surface area (Å²) in [5, 5.41) is 20.7. The second-order valence-corrected chi connectivity index (χ2v) is 7.81. The number of hydrogen-bond donors (Lipinski definition) is 4. The topological polar surface area (TPSA) is 102 Å². The lowest BCUT2D eigenvalue weighted by Crippen LogP contribution is -2.62. The fourth-order valence-corrected chi connectivity index (χ4v) is 2.66. The summed E-state index contributed by atoms with van der Waals surface area (Å²) in [6, 6.07) is 5.68. The van der Waals surface area contributed by atoms with E-state index in [0.29, 0.717) is 11.1 Å². The van der Waals surface area contributed by atoms with Crippen molar-refractivity contribution >= 4 is 11.8 Å². The van der Waals surface area contributed by atoms with Crippen LogP contribution in [-0.2, 0) is 4.79 Å². The zero-order chi connectivity index (χ0) is 21.6. The van der Waals surface area contributed by atoms with E-state index in [4.69, 9.17) is 10.3 Å². The summed E-state index contributed by atoms with van der Waals surface area (Å²) in [5.41, 5.74) is 1.96. The number of amides is 2. The van der Waals surface area contributed by atoms with Crippen LogP contribution in [0.3, 0.4) is 0 Å². The number of rotatable bonds is 6. The summed E-state index contributed by atoms with van der Waals surface area (Å²) in [6.07, 6.45) is 0.926. The summed E-state index contributed by atoms with van der Waals surface area (Å²) in [7, 11) is 3.57. The Labute approximate surface area is 171 Å². The molecule has 0 bridgehead atoms. The number of hydrogen-bond acceptors (Lipinski definition) is 5. The molecule has 2 amide bonds. The number of carbonyl (C=O) groups is 2. The van der Waals surface area contributed by atoms with Crippen molar-refractivity contribution in [1.29, 1.82) is 0 Å². The second kappa shape index (κ2) is 9.58. The molecule has 0 spiro atoms. The lowest BCUT2D eigenvalue weighted by atomic mass is 9.92. The summed E-state index contributed by atoms with van der Waals surface area (Å²) < 4.78 is 0. The lowest BCUT2D eigenvalue weighted by Gasteiger charge is -2.38. The molecule has 154 valence electrons. The third kappa shape index (κ3) is 5.82. The fraction of sp³-hybridized carbons (Fsp3) is 0.455. The van der Waals surface area contributed by atoms with Gasteiger partial charge < -0.3 is 15.3 Å². The van der Waals surface area contributed by atoms with E-state index >= 15 is 0 Å². The van der Waals surface area contributed by atoms with Crippen molar-refractivity contribution in [2.45, 2.75) is 31.8 Å². The highest BCUT2D eigenvalue weighted by Gasteiger charge is 2.38. The molecule has 1 aliphatic carbocycles. The highest BCUT2D eigenvalue weighted by molar-refractivity contribution is 5.97. The van der Waals surface area contributed by atoms with Crippen LogP contribution in [0.5, 0.6) is 0 Å². The molecule has 7 heteroatoms. The number of carbonyl (C=O) groups excluding carboxylic acids is 2. The largest absolute Gasteiger partial charge is 0.396 e. The highest BCUT2D eigenvalue weighted by Crippen LogP contribution is 2.36. The Morgan fingerprint density at radius 3 is 2.41 bits per heavy atom. The molecule has 4 N–H and O–H groups in total. The van der Waals surface area contributed by atoms with Crippen LogP contribution in [-0.4, -0.2) is 59.3 Å². The standard InChI is InChI=1S/C22H27N3O4/c1-22(2,25(3)4)19(21(28)24-29)23-20(27)16-11-9-15(10-12-16)7-5-6-8-17-13-18(17)14-26/h9-12,17-19,26,29H,13-14H2,1-4H3,(H,23,27)(H,24,28). The molecule has 0 heterocycles. The van der Waals surface area contributed by atoms with Crippen molar-refractivity contribution < 1.29 is 19.9 Å². The normalized spacial score (nSPS) is 18.6. The zero-order valence-corrected chi connectivity index (χ0v) is 17.1. The zero-order valence-electron chi connectivity index (χ0n) is 17.1. The second-order valence-electron chi connectivity index (χ2n) is 7.81. The summed E-state index contributed by atoms with van der Waals surface area (Å²) in [5.74, 6) is 10.9. The van der Waals surface area contributed by atoms with E-state index in [9.17, 15) is 9.59 Å². The van der Waals surface area contributed by atoms with Crippen LogP contribution in [0.1, 0.15) is 36.2 Å². The number of aliphatic hydroxyl groups excluding tert-OH is 1. The van der Waals surface area contributed by atoms with Gasteiger partial charge in [0.2, 0.25) is 0 Å². The first-order chi connectivity index (χ1) is 13.7. The van der Waals surface area contributed by atoms with E-state index in [-0.39, 0.29) is 18.4 Å². The van der Waals surface area contributed by atoms with Gasteiger partial charge in [0.1, 0.15) is 6.04 Å². The van der Waals surface area contributed by atoms with Gasteiger partial charge in [0.25, 0.3) is 11.8 Å². The van der Waals surface area contributed by atoms with Gasteiger partial charge in [-0.2, -0.15) is 0 Å². The molecule has 0 radical (unpaired) electrons. The van der Waals surface area contributed by atoms with Crippen molar-refractivity contribution in [2.24, 2.45) is 11.8 Å². The van der Waals surface area contributed by atoms with E-state index in [2.05, 4.69) is 29.0 Å². The molecule has 0 saturated heterocycles. The van der Waals surface area contributed by atoms with Crippen LogP contribution < -0.4 is 10.8 Å². The Hall–Kier alpha value is -2.84. The molecule has 3 unspecified atom stereocenters. The smallest absolute Gasteiger partial charge is 0.267 e. The molecule has 1 aromatic rings. The average Bonchev–Trinajstić information content (AvgIpc) is 3.47. The Bertz CT molecular complexity index is 869. The molecular weight excluding hydrogens is 370 g/mol. The number of benzene rings is 1. The minimum atomic E-state index is -0.963. The van der Waals surface area contributed by atoms with Crippen LogP contribution in [0.25, 0.3) is 0 Å². The van der Waals surface area contributed by atoms with Crippen molar-refractivity contribution in [3.8, 4) is 23.7 Å². The van der Waals surface area contributed by atoms with Crippen molar-refractivity contribution in [2.75, 3.05) is 20.7 Å². The number of nitrogens with one attached hydrogen (secondary N) is 2. The first kappa shape index (κ1) is 22.4. The van der Waals surface area contributed by atoms with Crippen LogP contribution in [0.2, 0.25) is 0 Å². The Kier molecular flexibility index (Phi) is 7.41.